The van der Waals surface area contributed by atoms with Crippen LogP contribution in [0, 0.1) is 6.92 Å². The predicted molar refractivity (Wildman–Crippen MR) is 112 cm³/mol. The van der Waals surface area contributed by atoms with Crippen LogP contribution in [-0.2, 0) is 21.4 Å². The Kier molecular flexibility index (Phi) is 6.31. The van der Waals surface area contributed by atoms with Crippen molar-refractivity contribution in [1.82, 2.24) is 4.72 Å². The predicted octanol–water partition coefficient (Wildman–Crippen LogP) is 3.64. The number of rotatable bonds is 7. The third-order valence-electron chi connectivity index (χ3n) is 4.03. The van der Waals surface area contributed by atoms with Gasteiger partial charge in [-0.2, -0.15) is 11.3 Å². The second-order valence-corrected chi connectivity index (χ2v) is 9.96. The number of anilines is 1. The Morgan fingerprint density at radius 1 is 1.21 bits per heavy atom. The molecular formula is C19H20N2O4S3. The molecule has 1 atom stereocenters. The van der Waals surface area contributed by atoms with Crippen LogP contribution in [0.25, 0.3) is 0 Å². The van der Waals surface area contributed by atoms with E-state index in [9.17, 15) is 18.3 Å². The molecule has 9 heteroatoms. The molecule has 2 heterocycles. The highest BCUT2D eigenvalue weighted by Crippen LogP contribution is 2.30. The maximum absolute atomic E-state index is 12.6. The van der Waals surface area contributed by atoms with Gasteiger partial charge in [0.15, 0.2) is 0 Å². The molecule has 6 nitrogen and oxygen atoms in total. The van der Waals surface area contributed by atoms with Crippen LogP contribution in [-0.4, -0.2) is 19.4 Å². The molecule has 148 valence electrons. The number of aliphatic hydroxyl groups excluding tert-OH is 1. The summed E-state index contributed by atoms with van der Waals surface area (Å²) in [7, 11) is -3.71. The van der Waals surface area contributed by atoms with Crippen LogP contribution in [0.5, 0.6) is 0 Å². The van der Waals surface area contributed by atoms with E-state index in [0.29, 0.717) is 11.3 Å². The number of sulfonamides is 1. The first-order valence-corrected chi connectivity index (χ1v) is 11.7. The monoisotopic (exact) mass is 436 g/mol. The molecular weight excluding hydrogens is 416 g/mol. The molecule has 1 amide bonds. The van der Waals surface area contributed by atoms with Crippen molar-refractivity contribution in [1.29, 1.82) is 0 Å². The summed E-state index contributed by atoms with van der Waals surface area (Å²) in [4.78, 5) is 12.9. The highest BCUT2D eigenvalue weighted by Gasteiger charge is 2.18. The second-order valence-electron chi connectivity index (χ2n) is 6.25. The number of carbonyl (C=O) groups excluding carboxylic acids is 1. The summed E-state index contributed by atoms with van der Waals surface area (Å²) >= 11 is 2.88. The number of nitrogens with one attached hydrogen (secondary N) is 2. The summed E-state index contributed by atoms with van der Waals surface area (Å²) in [6.07, 6.45) is -0.704. The minimum absolute atomic E-state index is 0.135. The van der Waals surface area contributed by atoms with E-state index in [-0.39, 0.29) is 17.3 Å². The SMILES string of the molecule is CC(=O)Nc1ccc(S(=O)(=O)NCc2ccc(C(O)c3ccsc3)s2)c(C)c1. The normalized spacial score (nSPS) is 12.7. The summed E-state index contributed by atoms with van der Waals surface area (Å²) in [5.74, 6) is -0.216. The molecule has 0 fully saturated rings. The number of hydrogen-bond acceptors (Lipinski definition) is 6. The third kappa shape index (κ3) is 4.86. The summed E-state index contributed by atoms with van der Waals surface area (Å²) in [5.41, 5.74) is 1.92. The van der Waals surface area contributed by atoms with Gasteiger partial charge in [-0.05, 0) is 65.2 Å². The lowest BCUT2D eigenvalue weighted by Gasteiger charge is -2.11. The number of benzene rings is 1. The Balaban J connectivity index is 1.69. The fraction of sp³-hybridized carbons (Fsp3) is 0.211. The second kappa shape index (κ2) is 8.54. The zero-order valence-corrected chi connectivity index (χ0v) is 17.7. The lowest BCUT2D eigenvalue weighted by molar-refractivity contribution is -0.114. The molecule has 0 bridgehead atoms. The zero-order valence-electron chi connectivity index (χ0n) is 15.3. The van der Waals surface area contributed by atoms with Crippen molar-refractivity contribution in [3.63, 3.8) is 0 Å². The average Bonchev–Trinajstić information content (AvgIpc) is 3.31. The van der Waals surface area contributed by atoms with Crippen molar-refractivity contribution in [3.05, 3.63) is 68.0 Å². The van der Waals surface area contributed by atoms with Gasteiger partial charge < -0.3 is 10.4 Å². The summed E-state index contributed by atoms with van der Waals surface area (Å²) < 4.78 is 27.9. The lowest BCUT2D eigenvalue weighted by Crippen LogP contribution is -2.23. The van der Waals surface area contributed by atoms with Crippen LogP contribution in [0.3, 0.4) is 0 Å². The van der Waals surface area contributed by atoms with Crippen molar-refractivity contribution in [3.8, 4) is 0 Å². The van der Waals surface area contributed by atoms with Crippen LogP contribution in [0.15, 0.2) is 52.1 Å². The summed E-state index contributed by atoms with van der Waals surface area (Å²) in [6, 6.07) is 10.1. The molecule has 0 saturated carbocycles. The van der Waals surface area contributed by atoms with Crippen molar-refractivity contribution >= 4 is 44.3 Å². The average molecular weight is 437 g/mol. The summed E-state index contributed by atoms with van der Waals surface area (Å²) in [6.45, 7) is 3.21. The first-order chi connectivity index (χ1) is 13.3. The Bertz CT molecular complexity index is 1070. The van der Waals surface area contributed by atoms with Gasteiger partial charge in [0, 0.05) is 28.9 Å². The van der Waals surface area contributed by atoms with E-state index in [1.807, 2.05) is 29.0 Å². The largest absolute Gasteiger partial charge is 0.383 e. The minimum Gasteiger partial charge on any atom is -0.383 e. The van der Waals surface area contributed by atoms with Crippen LogP contribution < -0.4 is 10.0 Å². The maximum Gasteiger partial charge on any atom is 0.241 e. The molecule has 1 aromatic carbocycles. The number of aliphatic hydroxyl groups is 1. The van der Waals surface area contributed by atoms with Crippen LogP contribution in [0.1, 0.15) is 33.9 Å². The molecule has 1 unspecified atom stereocenters. The first-order valence-electron chi connectivity index (χ1n) is 8.43. The summed E-state index contributed by atoms with van der Waals surface area (Å²) in [5, 5.41) is 16.8. The van der Waals surface area contributed by atoms with Gasteiger partial charge in [-0.1, -0.05) is 0 Å². The Hall–Kier alpha value is -2.04. The molecule has 0 aliphatic heterocycles. The Morgan fingerprint density at radius 3 is 2.64 bits per heavy atom. The number of hydrogen-bond donors (Lipinski definition) is 3. The quantitative estimate of drug-likeness (QED) is 0.527. The molecule has 2 aromatic heterocycles. The van der Waals surface area contributed by atoms with E-state index in [1.54, 1.807) is 19.1 Å². The topological polar surface area (TPSA) is 95.5 Å². The zero-order chi connectivity index (χ0) is 20.3. The van der Waals surface area contributed by atoms with Crippen molar-refractivity contribution in [2.45, 2.75) is 31.4 Å². The Labute approximate surface area is 171 Å². The van der Waals surface area contributed by atoms with Gasteiger partial charge in [-0.15, -0.1) is 11.3 Å². The van der Waals surface area contributed by atoms with Crippen LogP contribution >= 0.6 is 22.7 Å². The van der Waals surface area contributed by atoms with Gasteiger partial charge in [-0.3, -0.25) is 4.79 Å². The number of amides is 1. The fourth-order valence-corrected chi connectivity index (χ4v) is 5.68. The van der Waals surface area contributed by atoms with E-state index < -0.39 is 16.1 Å². The van der Waals surface area contributed by atoms with Gasteiger partial charge in [0.1, 0.15) is 6.10 Å². The lowest BCUT2D eigenvalue weighted by atomic mass is 10.2. The third-order valence-corrected chi connectivity index (χ3v) is 7.43. The van der Waals surface area contributed by atoms with Gasteiger partial charge in [0.2, 0.25) is 15.9 Å². The number of carbonyl (C=O) groups is 1. The van der Waals surface area contributed by atoms with E-state index in [2.05, 4.69) is 10.0 Å². The standard InChI is InChI=1S/C19H20N2O4S3/c1-12-9-15(21-13(2)22)3-6-18(12)28(24,25)20-10-16-4-5-17(27-16)19(23)14-7-8-26-11-14/h3-9,11,19-20,23H,10H2,1-2H3,(H,21,22). The molecule has 3 aromatic rings. The minimum atomic E-state index is -3.71. The van der Waals surface area contributed by atoms with Gasteiger partial charge in [-0.25, -0.2) is 13.1 Å². The molecule has 0 aliphatic carbocycles. The van der Waals surface area contributed by atoms with E-state index >= 15 is 0 Å². The molecule has 0 aliphatic rings. The van der Waals surface area contributed by atoms with Gasteiger partial charge in [0.25, 0.3) is 0 Å². The number of thiophene rings is 2. The molecule has 0 spiro atoms. The van der Waals surface area contributed by atoms with Gasteiger partial charge >= 0.3 is 0 Å². The Morgan fingerprint density at radius 2 is 2.00 bits per heavy atom. The van der Waals surface area contributed by atoms with Gasteiger partial charge in [0.05, 0.1) is 4.90 Å². The number of aryl methyl sites for hydroxylation is 1. The molecule has 0 radical (unpaired) electrons. The van der Waals surface area contributed by atoms with Crippen molar-refractivity contribution in [2.24, 2.45) is 0 Å². The van der Waals surface area contributed by atoms with Crippen molar-refractivity contribution in [2.75, 3.05) is 5.32 Å². The van der Waals surface area contributed by atoms with E-state index in [1.165, 1.54) is 35.7 Å². The fourth-order valence-electron chi connectivity index (χ4n) is 2.71. The smallest absolute Gasteiger partial charge is 0.241 e. The first kappa shape index (κ1) is 20.7. The van der Waals surface area contributed by atoms with E-state index in [4.69, 9.17) is 0 Å². The van der Waals surface area contributed by atoms with Crippen LogP contribution in [0.4, 0.5) is 5.69 Å². The van der Waals surface area contributed by atoms with Crippen LogP contribution in [0.2, 0.25) is 0 Å². The molecule has 28 heavy (non-hydrogen) atoms. The molecule has 3 rings (SSSR count). The van der Waals surface area contributed by atoms with Crippen molar-refractivity contribution < 1.29 is 18.3 Å². The highest BCUT2D eigenvalue weighted by atomic mass is 32.2. The highest BCUT2D eigenvalue weighted by molar-refractivity contribution is 7.89. The molecule has 0 saturated heterocycles. The van der Waals surface area contributed by atoms with E-state index in [0.717, 1.165) is 15.3 Å². The maximum atomic E-state index is 12.6. The molecule has 3 N–H and O–H groups in total.